The standard InChI is InChI=1S/C24H18N6O4/c1-15-12-21(27-23-19(15)4-3-5-20(23)34-2)29-24(17(13-25)14-26-29)28-22(31)11-8-16-6-9-18(10-7-16)30(32)33/h3-12,14H,1-2H3,(H,28,31)/b11-8+. The number of non-ortho nitro benzene ring substituents is 1. The second kappa shape index (κ2) is 9.22. The zero-order valence-corrected chi connectivity index (χ0v) is 18.2. The van der Waals surface area contributed by atoms with Crippen molar-refractivity contribution in [2.24, 2.45) is 0 Å². The van der Waals surface area contributed by atoms with Crippen molar-refractivity contribution in [3.05, 3.63) is 87.6 Å². The lowest BCUT2D eigenvalue weighted by Gasteiger charge is -2.12. The molecule has 10 heteroatoms. The van der Waals surface area contributed by atoms with E-state index in [4.69, 9.17) is 4.74 Å². The van der Waals surface area contributed by atoms with Gasteiger partial charge in [0.1, 0.15) is 22.9 Å². The molecular formula is C24H18N6O4. The maximum atomic E-state index is 12.6. The van der Waals surface area contributed by atoms with E-state index in [1.807, 2.05) is 25.1 Å². The first-order valence-electron chi connectivity index (χ1n) is 10.1. The van der Waals surface area contributed by atoms with Gasteiger partial charge in [-0.3, -0.25) is 14.9 Å². The topological polar surface area (TPSA) is 136 Å². The number of nitriles is 1. The molecule has 0 aliphatic heterocycles. The highest BCUT2D eigenvalue weighted by atomic mass is 16.6. The Balaban J connectivity index is 1.66. The van der Waals surface area contributed by atoms with Crippen molar-refractivity contribution in [3.63, 3.8) is 0 Å². The van der Waals surface area contributed by atoms with Gasteiger partial charge in [0.15, 0.2) is 11.6 Å². The molecule has 0 spiro atoms. The van der Waals surface area contributed by atoms with Gasteiger partial charge >= 0.3 is 0 Å². The Kier molecular flexibility index (Phi) is 6.01. The van der Waals surface area contributed by atoms with Crippen molar-refractivity contribution in [1.82, 2.24) is 14.8 Å². The molecule has 1 amide bonds. The van der Waals surface area contributed by atoms with Gasteiger partial charge in [0.2, 0.25) is 5.91 Å². The first kappa shape index (κ1) is 22.2. The summed E-state index contributed by atoms with van der Waals surface area (Å²) < 4.78 is 6.81. The summed E-state index contributed by atoms with van der Waals surface area (Å²) in [7, 11) is 1.56. The van der Waals surface area contributed by atoms with Gasteiger partial charge in [0, 0.05) is 23.6 Å². The largest absolute Gasteiger partial charge is 0.494 e. The number of carbonyl (C=O) groups is 1. The monoisotopic (exact) mass is 454 g/mol. The number of methoxy groups -OCH3 is 1. The number of benzene rings is 2. The Bertz CT molecular complexity index is 1480. The van der Waals surface area contributed by atoms with Crippen molar-refractivity contribution in [2.75, 3.05) is 12.4 Å². The molecule has 0 saturated heterocycles. The van der Waals surface area contributed by atoms with E-state index in [2.05, 4.69) is 15.4 Å². The minimum Gasteiger partial charge on any atom is -0.494 e. The van der Waals surface area contributed by atoms with Crippen LogP contribution < -0.4 is 10.1 Å². The highest BCUT2D eigenvalue weighted by Crippen LogP contribution is 2.29. The van der Waals surface area contributed by atoms with Crippen LogP contribution >= 0.6 is 0 Å². The van der Waals surface area contributed by atoms with Crippen LogP contribution in [0.25, 0.3) is 22.8 Å². The van der Waals surface area contributed by atoms with Crippen LogP contribution in [0.4, 0.5) is 11.5 Å². The van der Waals surface area contributed by atoms with Gasteiger partial charge in [-0.25, -0.2) is 4.98 Å². The van der Waals surface area contributed by atoms with Crippen molar-refractivity contribution in [2.45, 2.75) is 6.92 Å². The van der Waals surface area contributed by atoms with E-state index in [-0.39, 0.29) is 17.1 Å². The summed E-state index contributed by atoms with van der Waals surface area (Å²) in [4.78, 5) is 27.5. The van der Waals surface area contributed by atoms with Crippen LogP contribution in [0.5, 0.6) is 5.75 Å². The second-order valence-corrected chi connectivity index (χ2v) is 7.26. The summed E-state index contributed by atoms with van der Waals surface area (Å²) in [5.41, 5.74) is 2.27. The Morgan fingerprint density at radius 2 is 2.03 bits per heavy atom. The number of nitrogens with zero attached hydrogens (tertiary/aromatic N) is 5. The molecule has 4 aromatic rings. The number of pyridine rings is 1. The summed E-state index contributed by atoms with van der Waals surface area (Å²) in [6.45, 7) is 1.92. The number of amides is 1. The molecule has 0 atom stereocenters. The first-order valence-corrected chi connectivity index (χ1v) is 10.1. The minimum absolute atomic E-state index is 0.0426. The third kappa shape index (κ3) is 4.31. The Morgan fingerprint density at radius 1 is 1.26 bits per heavy atom. The summed E-state index contributed by atoms with van der Waals surface area (Å²) in [5, 5.41) is 28.1. The Morgan fingerprint density at radius 3 is 2.71 bits per heavy atom. The van der Waals surface area contributed by atoms with Crippen LogP contribution in [-0.4, -0.2) is 32.7 Å². The van der Waals surface area contributed by atoms with Gasteiger partial charge in [-0.1, -0.05) is 12.1 Å². The number of nitro groups is 1. The summed E-state index contributed by atoms with van der Waals surface area (Å²) in [5.74, 6) is 0.658. The number of aromatic nitrogens is 3. The molecule has 1 N–H and O–H groups in total. The molecular weight excluding hydrogens is 436 g/mol. The van der Waals surface area contributed by atoms with E-state index in [0.29, 0.717) is 22.6 Å². The van der Waals surface area contributed by atoms with Crippen LogP contribution in [0.1, 0.15) is 16.7 Å². The average molecular weight is 454 g/mol. The highest BCUT2D eigenvalue weighted by molar-refractivity contribution is 6.02. The van der Waals surface area contributed by atoms with E-state index in [1.54, 1.807) is 19.2 Å². The van der Waals surface area contributed by atoms with Gasteiger partial charge in [-0.2, -0.15) is 15.0 Å². The van der Waals surface area contributed by atoms with Gasteiger partial charge < -0.3 is 10.1 Å². The van der Waals surface area contributed by atoms with Crippen molar-refractivity contribution in [3.8, 4) is 17.6 Å². The fraction of sp³-hybridized carbons (Fsp3) is 0.0833. The molecule has 0 aliphatic carbocycles. The molecule has 2 aromatic carbocycles. The molecule has 0 saturated carbocycles. The van der Waals surface area contributed by atoms with E-state index in [1.165, 1.54) is 47.3 Å². The molecule has 2 heterocycles. The molecule has 34 heavy (non-hydrogen) atoms. The molecule has 10 nitrogen and oxygen atoms in total. The fourth-order valence-corrected chi connectivity index (χ4v) is 3.41. The van der Waals surface area contributed by atoms with Crippen LogP contribution in [-0.2, 0) is 4.79 Å². The molecule has 168 valence electrons. The number of anilines is 1. The van der Waals surface area contributed by atoms with Gasteiger partial charge in [0.05, 0.1) is 18.2 Å². The van der Waals surface area contributed by atoms with Crippen molar-refractivity contribution in [1.29, 1.82) is 5.26 Å². The van der Waals surface area contributed by atoms with Crippen LogP contribution in [0.2, 0.25) is 0 Å². The van der Waals surface area contributed by atoms with Gasteiger partial charge in [0.25, 0.3) is 5.69 Å². The number of ether oxygens (including phenoxy) is 1. The number of hydrogen-bond acceptors (Lipinski definition) is 7. The van der Waals surface area contributed by atoms with Crippen LogP contribution in [0, 0.1) is 28.4 Å². The highest BCUT2D eigenvalue weighted by Gasteiger charge is 2.17. The van der Waals surface area contributed by atoms with E-state index in [0.717, 1.165) is 10.9 Å². The molecule has 0 unspecified atom stereocenters. The third-order valence-electron chi connectivity index (χ3n) is 5.10. The number of carbonyl (C=O) groups excluding carboxylic acids is 1. The average Bonchev–Trinajstić information content (AvgIpc) is 3.25. The normalized spacial score (nSPS) is 10.9. The molecule has 2 aromatic heterocycles. The molecule has 4 rings (SSSR count). The maximum absolute atomic E-state index is 12.6. The number of aryl methyl sites for hydroxylation is 1. The Hall–Kier alpha value is -5.04. The summed E-state index contributed by atoms with van der Waals surface area (Å²) in [6, 6.07) is 15.2. The van der Waals surface area contributed by atoms with Crippen molar-refractivity contribution < 1.29 is 14.5 Å². The van der Waals surface area contributed by atoms with Crippen LogP contribution in [0.3, 0.4) is 0 Å². The predicted molar refractivity (Wildman–Crippen MR) is 126 cm³/mol. The number of nitrogens with one attached hydrogen (secondary N) is 1. The lowest BCUT2D eigenvalue weighted by Crippen LogP contribution is -2.14. The Labute approximate surface area is 193 Å². The number of rotatable bonds is 6. The molecule has 0 fully saturated rings. The zero-order valence-electron chi connectivity index (χ0n) is 18.2. The smallest absolute Gasteiger partial charge is 0.269 e. The minimum atomic E-state index is -0.508. The van der Waals surface area contributed by atoms with E-state index >= 15 is 0 Å². The van der Waals surface area contributed by atoms with Gasteiger partial charge in [-0.05, 0) is 48.4 Å². The van der Waals surface area contributed by atoms with E-state index < -0.39 is 10.8 Å². The zero-order chi connectivity index (χ0) is 24.2. The predicted octanol–water partition coefficient (Wildman–Crippen LogP) is 4.17. The third-order valence-corrected chi connectivity index (χ3v) is 5.10. The molecule has 0 aliphatic rings. The number of nitro benzene ring substituents is 1. The summed E-state index contributed by atoms with van der Waals surface area (Å²) >= 11 is 0. The maximum Gasteiger partial charge on any atom is 0.269 e. The molecule has 0 bridgehead atoms. The first-order chi connectivity index (χ1) is 16.4. The number of hydrogen-bond donors (Lipinski definition) is 1. The number of para-hydroxylation sites is 1. The molecule has 0 radical (unpaired) electrons. The lowest BCUT2D eigenvalue weighted by atomic mass is 10.1. The number of fused-ring (bicyclic) bond motifs is 1. The van der Waals surface area contributed by atoms with Gasteiger partial charge in [-0.15, -0.1) is 0 Å². The SMILES string of the molecule is COc1cccc2c(C)cc(-n3ncc(C#N)c3NC(=O)/C=C/c3ccc([N+](=O)[O-])cc3)nc12. The fourth-order valence-electron chi connectivity index (χ4n) is 3.41. The lowest BCUT2D eigenvalue weighted by molar-refractivity contribution is -0.384. The van der Waals surface area contributed by atoms with Crippen molar-refractivity contribution >= 4 is 34.4 Å². The van der Waals surface area contributed by atoms with E-state index in [9.17, 15) is 20.2 Å². The quantitative estimate of drug-likeness (QED) is 0.262. The second-order valence-electron chi connectivity index (χ2n) is 7.26. The summed E-state index contributed by atoms with van der Waals surface area (Å²) in [6.07, 6.45) is 4.12. The van der Waals surface area contributed by atoms with Crippen LogP contribution in [0.15, 0.2) is 60.8 Å².